The lowest BCUT2D eigenvalue weighted by Crippen LogP contribution is -2.44. The highest BCUT2D eigenvalue weighted by molar-refractivity contribution is 6.30. The van der Waals surface area contributed by atoms with E-state index in [0.29, 0.717) is 17.3 Å². The van der Waals surface area contributed by atoms with Gasteiger partial charge in [0, 0.05) is 22.8 Å². The maximum Gasteiger partial charge on any atom is 0.306 e. The summed E-state index contributed by atoms with van der Waals surface area (Å²) < 4.78 is 6.32. The zero-order chi connectivity index (χ0) is 23.0. The van der Waals surface area contributed by atoms with Crippen molar-refractivity contribution in [1.29, 1.82) is 0 Å². The van der Waals surface area contributed by atoms with Crippen LogP contribution in [-0.4, -0.2) is 29.6 Å². The van der Waals surface area contributed by atoms with Crippen LogP contribution < -0.4 is 4.90 Å². The quantitative estimate of drug-likeness (QED) is 0.541. The molecule has 0 saturated heterocycles. The van der Waals surface area contributed by atoms with E-state index in [0.717, 1.165) is 21.9 Å². The first-order valence-electron chi connectivity index (χ1n) is 10.6. The Hall–Kier alpha value is -2.89. The number of carboxylic acid groups (broad SMARTS) is 1. The molecule has 5 nitrogen and oxygen atoms in total. The molecule has 0 spiro atoms. The number of carbonyl (C=O) groups is 2. The van der Waals surface area contributed by atoms with Crippen LogP contribution in [0.3, 0.4) is 0 Å². The zero-order valence-electron chi connectivity index (χ0n) is 18.3. The number of fused-ring (bicyclic) bond motifs is 2. The summed E-state index contributed by atoms with van der Waals surface area (Å²) >= 11 is 6.39. The predicted molar refractivity (Wildman–Crippen MR) is 126 cm³/mol. The second-order valence-corrected chi connectivity index (χ2v) is 9.80. The third kappa shape index (κ3) is 4.50. The smallest absolute Gasteiger partial charge is 0.306 e. The number of rotatable bonds is 4. The lowest BCUT2D eigenvalue weighted by atomic mass is 9.93. The number of hydrogen-bond donors (Lipinski definition) is 1. The minimum absolute atomic E-state index is 0.209. The van der Waals surface area contributed by atoms with E-state index in [-0.39, 0.29) is 11.3 Å². The minimum Gasteiger partial charge on any atom is -0.481 e. The number of halogens is 1. The molecule has 1 aliphatic rings. The maximum atomic E-state index is 13.6. The average molecular weight is 452 g/mol. The molecule has 1 heterocycles. The van der Waals surface area contributed by atoms with Crippen LogP contribution in [0.5, 0.6) is 0 Å². The molecule has 1 aliphatic heterocycles. The fourth-order valence-corrected chi connectivity index (χ4v) is 4.40. The molecule has 0 fully saturated rings. The van der Waals surface area contributed by atoms with Crippen molar-refractivity contribution in [1.82, 2.24) is 0 Å². The molecular weight excluding hydrogens is 426 g/mol. The monoisotopic (exact) mass is 451 g/mol. The third-order valence-corrected chi connectivity index (χ3v) is 5.74. The van der Waals surface area contributed by atoms with Crippen molar-refractivity contribution in [3.05, 3.63) is 76.8 Å². The predicted octanol–water partition coefficient (Wildman–Crippen LogP) is 5.84. The molecule has 3 aromatic carbocycles. The van der Waals surface area contributed by atoms with Crippen LogP contribution in [0.1, 0.15) is 44.4 Å². The van der Waals surface area contributed by atoms with Crippen molar-refractivity contribution >= 4 is 39.9 Å². The van der Waals surface area contributed by atoms with E-state index in [1.807, 2.05) is 75.4 Å². The number of carbonyl (C=O) groups excluding carboxylic acids is 1. The number of amides is 1. The van der Waals surface area contributed by atoms with Crippen molar-refractivity contribution in [2.24, 2.45) is 5.41 Å². The number of carboxylic acids is 1. The van der Waals surface area contributed by atoms with Crippen molar-refractivity contribution < 1.29 is 19.4 Å². The van der Waals surface area contributed by atoms with E-state index in [1.54, 1.807) is 11.0 Å². The largest absolute Gasteiger partial charge is 0.481 e. The Balaban J connectivity index is 1.96. The first-order valence-corrected chi connectivity index (χ1v) is 11.0. The first kappa shape index (κ1) is 22.3. The molecule has 2 unspecified atom stereocenters. The fourth-order valence-electron chi connectivity index (χ4n) is 4.22. The molecule has 6 heteroatoms. The van der Waals surface area contributed by atoms with Crippen molar-refractivity contribution in [3.8, 4) is 0 Å². The summed E-state index contributed by atoms with van der Waals surface area (Å²) in [6.45, 7) is 6.53. The molecule has 4 rings (SSSR count). The van der Waals surface area contributed by atoms with Gasteiger partial charge in [-0.3, -0.25) is 9.59 Å². The van der Waals surface area contributed by atoms with Gasteiger partial charge in [0.1, 0.15) is 12.2 Å². The molecule has 0 aliphatic carbocycles. The van der Waals surface area contributed by atoms with Crippen molar-refractivity contribution in [2.75, 3.05) is 11.4 Å². The van der Waals surface area contributed by atoms with Gasteiger partial charge in [0.25, 0.3) is 5.91 Å². The number of benzene rings is 3. The Labute approximate surface area is 192 Å². The Morgan fingerprint density at radius 1 is 1.06 bits per heavy atom. The number of aliphatic carboxylic acids is 1. The Bertz CT molecular complexity index is 1180. The highest BCUT2D eigenvalue weighted by Gasteiger charge is 2.39. The third-order valence-electron chi connectivity index (χ3n) is 5.50. The maximum absolute atomic E-state index is 13.6. The van der Waals surface area contributed by atoms with Gasteiger partial charge in [-0.2, -0.15) is 0 Å². The van der Waals surface area contributed by atoms with E-state index in [2.05, 4.69) is 0 Å². The molecule has 0 aromatic heterocycles. The Kier molecular flexibility index (Phi) is 5.97. The van der Waals surface area contributed by atoms with Crippen molar-refractivity contribution in [3.63, 3.8) is 0 Å². The summed E-state index contributed by atoms with van der Waals surface area (Å²) in [5, 5.41) is 12.1. The van der Waals surface area contributed by atoms with E-state index in [4.69, 9.17) is 16.3 Å². The summed E-state index contributed by atoms with van der Waals surface area (Å²) in [6, 6.07) is 19.2. The zero-order valence-corrected chi connectivity index (χ0v) is 19.1. The SMILES string of the molecule is CC(C)(C)CN1C(=O)C(CC(=O)O)OC(c2cccc3ccccc23)c2cc(Cl)ccc21. The fraction of sp³-hybridized carbons (Fsp3) is 0.308. The summed E-state index contributed by atoms with van der Waals surface area (Å²) in [5.41, 5.74) is 2.10. The van der Waals surface area contributed by atoms with Gasteiger partial charge in [0.2, 0.25) is 0 Å². The molecule has 166 valence electrons. The molecule has 0 saturated carbocycles. The lowest BCUT2D eigenvalue weighted by Gasteiger charge is -2.31. The van der Waals surface area contributed by atoms with Gasteiger partial charge in [0.05, 0.1) is 6.42 Å². The van der Waals surface area contributed by atoms with Gasteiger partial charge in [0.15, 0.2) is 0 Å². The molecular formula is C26H26ClNO4. The summed E-state index contributed by atoms with van der Waals surface area (Å²) in [6.07, 6.45) is -2.18. The van der Waals surface area contributed by atoms with Crippen LogP contribution in [0, 0.1) is 5.41 Å². The molecule has 2 atom stereocenters. The second-order valence-electron chi connectivity index (χ2n) is 9.36. The van der Waals surface area contributed by atoms with Gasteiger partial charge in [-0.25, -0.2) is 0 Å². The van der Waals surface area contributed by atoms with Crippen LogP contribution in [0.15, 0.2) is 60.7 Å². The topological polar surface area (TPSA) is 66.8 Å². The van der Waals surface area contributed by atoms with Crippen LogP contribution in [-0.2, 0) is 14.3 Å². The summed E-state index contributed by atoms with van der Waals surface area (Å²) in [5.74, 6) is -1.44. The van der Waals surface area contributed by atoms with Gasteiger partial charge in [-0.1, -0.05) is 74.8 Å². The minimum atomic E-state index is -1.12. The standard InChI is InChI=1S/C26H26ClNO4/c1-26(2,3)15-28-21-12-11-17(27)13-20(21)24(32-22(25(28)31)14-23(29)30)19-10-6-8-16-7-4-5-9-18(16)19/h4-13,22,24H,14-15H2,1-3H3,(H,29,30). The van der Waals surface area contributed by atoms with Crippen LogP contribution >= 0.6 is 11.6 Å². The highest BCUT2D eigenvalue weighted by Crippen LogP contribution is 2.42. The molecule has 32 heavy (non-hydrogen) atoms. The van der Waals surface area contributed by atoms with Crippen LogP contribution in [0.4, 0.5) is 5.69 Å². The average Bonchev–Trinajstić information content (AvgIpc) is 2.82. The Morgan fingerprint density at radius 2 is 1.78 bits per heavy atom. The van der Waals surface area contributed by atoms with Gasteiger partial charge in [-0.05, 0) is 39.9 Å². The van der Waals surface area contributed by atoms with E-state index >= 15 is 0 Å². The number of anilines is 1. The van der Waals surface area contributed by atoms with E-state index in [1.165, 1.54) is 0 Å². The van der Waals surface area contributed by atoms with E-state index < -0.39 is 24.6 Å². The molecule has 0 bridgehead atoms. The van der Waals surface area contributed by atoms with Crippen molar-refractivity contribution in [2.45, 2.75) is 39.4 Å². The lowest BCUT2D eigenvalue weighted by molar-refractivity contribution is -0.147. The number of ether oxygens (including phenoxy) is 1. The molecule has 1 N–H and O–H groups in total. The first-order chi connectivity index (χ1) is 15.1. The second kappa shape index (κ2) is 8.57. The summed E-state index contributed by atoms with van der Waals surface area (Å²) in [7, 11) is 0. The van der Waals surface area contributed by atoms with Crippen LogP contribution in [0.2, 0.25) is 5.02 Å². The normalized spacial score (nSPS) is 19.0. The van der Waals surface area contributed by atoms with E-state index in [9.17, 15) is 14.7 Å². The molecule has 1 amide bonds. The number of hydrogen-bond acceptors (Lipinski definition) is 3. The summed E-state index contributed by atoms with van der Waals surface area (Å²) in [4.78, 5) is 26.8. The molecule has 3 aromatic rings. The van der Waals surface area contributed by atoms with Gasteiger partial charge >= 0.3 is 5.97 Å². The Morgan fingerprint density at radius 3 is 2.50 bits per heavy atom. The molecule has 0 radical (unpaired) electrons. The van der Waals surface area contributed by atoms with Gasteiger partial charge < -0.3 is 14.7 Å². The number of nitrogens with zero attached hydrogens (tertiary/aromatic N) is 1. The van der Waals surface area contributed by atoms with Crippen LogP contribution in [0.25, 0.3) is 10.8 Å². The van der Waals surface area contributed by atoms with Gasteiger partial charge in [-0.15, -0.1) is 0 Å². The highest BCUT2D eigenvalue weighted by atomic mass is 35.5.